The van der Waals surface area contributed by atoms with Gasteiger partial charge in [0.05, 0.1) is 12.4 Å². The molecule has 314 valence electrons. The molecule has 0 aliphatic rings. The summed E-state index contributed by atoms with van der Waals surface area (Å²) in [6.45, 7) is 0.354. The summed E-state index contributed by atoms with van der Waals surface area (Å²) < 4.78 is 296. The second-order valence-electron chi connectivity index (χ2n) is 12.0. The first-order valence-electron chi connectivity index (χ1n) is 15.7. The molecule has 0 aliphatic heterocycles. The third-order valence-corrected chi connectivity index (χ3v) is 8.82. The first kappa shape index (κ1) is 44.6. The van der Waals surface area contributed by atoms with E-state index in [1.807, 2.05) is 34.9 Å². The summed E-state index contributed by atoms with van der Waals surface area (Å²) in [7, 11) is 0. The third kappa shape index (κ3) is 6.95. The molecule has 0 unspecified atom stereocenters. The number of rotatable bonds is 7. The van der Waals surface area contributed by atoms with Crippen molar-refractivity contribution in [3.05, 3.63) is 177 Å². The molecule has 1 heterocycles. The van der Waals surface area contributed by atoms with Gasteiger partial charge >= 0.3 is 0 Å². The summed E-state index contributed by atoms with van der Waals surface area (Å²) in [5.41, 5.74) is -13.6. The van der Waals surface area contributed by atoms with Crippen LogP contribution in [0, 0.1) is 116 Å². The van der Waals surface area contributed by atoms with Crippen molar-refractivity contribution in [1.82, 2.24) is 4.98 Å². The highest BCUT2D eigenvalue weighted by Crippen LogP contribution is 2.30. The van der Waals surface area contributed by atoms with E-state index in [2.05, 4.69) is 4.98 Å². The van der Waals surface area contributed by atoms with Crippen LogP contribution in [0.2, 0.25) is 0 Å². The quantitative estimate of drug-likeness (QED) is 0.0429. The summed E-state index contributed by atoms with van der Waals surface area (Å²) >= 11 is 0. The Morgan fingerprint density at radius 2 is 0.617 bits per heavy atom. The van der Waals surface area contributed by atoms with Crippen molar-refractivity contribution in [1.29, 1.82) is 0 Å². The van der Waals surface area contributed by atoms with Crippen LogP contribution in [0.1, 0.15) is 10.4 Å². The topological polar surface area (TPSA) is 33.8 Å². The van der Waals surface area contributed by atoms with E-state index >= 15 is 35.1 Å². The summed E-state index contributed by atoms with van der Waals surface area (Å²) in [4.78, 5) is 15.7. The lowest BCUT2D eigenvalue weighted by Crippen LogP contribution is -2.81. The molecular weight excluding hydrogens is 867 g/mol. The van der Waals surface area contributed by atoms with Crippen molar-refractivity contribution in [2.75, 3.05) is 0 Å². The van der Waals surface area contributed by atoms with E-state index in [-0.39, 0.29) is 5.78 Å². The number of halogens is 20. The lowest BCUT2D eigenvalue weighted by molar-refractivity contribution is -0.683. The monoisotopic (exact) mass is 878 g/mol. The standard InChI is InChI=1S/C24BF20.C12H11N2O/c26-5-1(6(27)14(35)21(42)13(5)34)25(2-7(28)15(36)22(43)16(37)8(2)29,3-9(30)17(38)23(44)18(39)10(3)31)4-11(32)19(40)24(45)20(41)12(4)33;15-12(11-4-2-1-3-5-11)10-14-8-6-13-7-9-14/h;1-9H,10H2/q-1;+1. The number of benzene rings is 5. The van der Waals surface area contributed by atoms with E-state index in [0.717, 1.165) is 5.56 Å². The Morgan fingerprint density at radius 1 is 0.383 bits per heavy atom. The molecule has 0 atom stereocenters. The minimum atomic E-state index is -7.22. The highest BCUT2D eigenvalue weighted by molar-refractivity contribution is 7.20. The molecule has 0 radical (unpaired) electrons. The van der Waals surface area contributed by atoms with Crippen LogP contribution in [0.4, 0.5) is 87.8 Å². The summed E-state index contributed by atoms with van der Waals surface area (Å²) in [5.74, 6) is -71.3. The van der Waals surface area contributed by atoms with Crippen molar-refractivity contribution in [2.24, 2.45) is 0 Å². The maximum Gasteiger partial charge on any atom is 0.227 e. The van der Waals surface area contributed by atoms with E-state index in [9.17, 15) is 57.5 Å². The van der Waals surface area contributed by atoms with Crippen molar-refractivity contribution in [3.63, 3.8) is 0 Å². The maximum absolute atomic E-state index is 15.4. The molecule has 3 nitrogen and oxygen atoms in total. The Labute approximate surface area is 319 Å². The molecule has 6 aromatic rings. The lowest BCUT2D eigenvalue weighted by atomic mass is 9.12. The average molecular weight is 878 g/mol. The van der Waals surface area contributed by atoms with Gasteiger partial charge in [0.2, 0.25) is 12.3 Å². The lowest BCUT2D eigenvalue weighted by Gasteiger charge is -2.44. The zero-order chi connectivity index (χ0) is 44.9. The molecule has 1 aromatic heterocycles. The Kier molecular flexibility index (Phi) is 12.4. The van der Waals surface area contributed by atoms with Gasteiger partial charge in [0.25, 0.3) is 0 Å². The number of ketones is 1. The molecule has 5 aromatic carbocycles. The molecule has 0 bridgehead atoms. The highest BCUT2D eigenvalue weighted by atomic mass is 19.2. The van der Waals surface area contributed by atoms with E-state index in [1.165, 1.54) is 0 Å². The highest BCUT2D eigenvalue weighted by Gasteiger charge is 2.52. The number of nitrogens with zero attached hydrogens (tertiary/aromatic N) is 2. The maximum atomic E-state index is 15.4. The van der Waals surface area contributed by atoms with Crippen LogP contribution < -0.4 is 26.4 Å². The Balaban J connectivity index is 0.000000379. The SMILES string of the molecule is Fc1c(F)c(F)c([B-](c2c(F)c(F)c(F)c(F)c2F)(c2c(F)c(F)c(F)c(F)c2F)c2c(F)c(F)c(F)c(F)c2F)c(F)c1F.O=C(C[n+]1ccncc1)c1ccccc1. The Hall–Kier alpha value is -6.49. The second-order valence-corrected chi connectivity index (χ2v) is 12.0. The van der Waals surface area contributed by atoms with Gasteiger partial charge in [0.1, 0.15) is 52.7 Å². The molecule has 0 amide bonds. The zero-order valence-electron chi connectivity index (χ0n) is 28.3. The number of carbonyl (C=O) groups is 1. The number of aromatic nitrogens is 2. The largest absolute Gasteiger partial charge is 0.287 e. The predicted octanol–water partition coefficient (Wildman–Crippen LogP) is 7.10. The van der Waals surface area contributed by atoms with Crippen LogP contribution in [0.5, 0.6) is 0 Å². The van der Waals surface area contributed by atoms with E-state index in [4.69, 9.17) is 0 Å². The minimum absolute atomic E-state index is 0.104. The van der Waals surface area contributed by atoms with Gasteiger partial charge in [-0.1, -0.05) is 30.3 Å². The molecule has 0 fully saturated rings. The Bertz CT molecular complexity index is 2320. The fourth-order valence-corrected chi connectivity index (χ4v) is 6.21. The Morgan fingerprint density at radius 3 is 0.867 bits per heavy atom. The van der Waals surface area contributed by atoms with Crippen molar-refractivity contribution >= 4 is 33.8 Å². The van der Waals surface area contributed by atoms with Gasteiger partial charge in [-0.25, -0.2) is 87.8 Å². The van der Waals surface area contributed by atoms with Gasteiger partial charge < -0.3 is 0 Å². The number of hydrogen-bond donors (Lipinski definition) is 0. The van der Waals surface area contributed by atoms with Crippen LogP contribution in [-0.4, -0.2) is 16.9 Å². The van der Waals surface area contributed by atoms with Crippen LogP contribution in [-0.2, 0) is 6.54 Å². The van der Waals surface area contributed by atoms with Gasteiger partial charge in [-0.15, -0.1) is 21.9 Å². The summed E-state index contributed by atoms with van der Waals surface area (Å²) in [6.07, 6.45) is -0.330. The van der Waals surface area contributed by atoms with Crippen LogP contribution in [0.3, 0.4) is 0 Å². The summed E-state index contributed by atoms with van der Waals surface area (Å²) in [6, 6.07) is 9.28. The smallest absolute Gasteiger partial charge is 0.227 e. The number of carbonyl (C=O) groups excluding carboxylic acids is 1. The average Bonchev–Trinajstić information content (AvgIpc) is 3.24. The van der Waals surface area contributed by atoms with Crippen LogP contribution in [0.25, 0.3) is 0 Å². The van der Waals surface area contributed by atoms with E-state index < -0.39 is 144 Å². The van der Waals surface area contributed by atoms with Crippen LogP contribution in [0.15, 0.2) is 55.1 Å². The fraction of sp³-hybridized carbons (Fsp3) is 0.0278. The van der Waals surface area contributed by atoms with Crippen molar-refractivity contribution in [2.45, 2.75) is 6.54 Å². The van der Waals surface area contributed by atoms with Gasteiger partial charge in [-0.05, 0) is 0 Å². The molecule has 60 heavy (non-hydrogen) atoms. The first-order chi connectivity index (χ1) is 28.1. The molecule has 24 heteroatoms. The number of hydrogen-bond acceptors (Lipinski definition) is 2. The van der Waals surface area contributed by atoms with Gasteiger partial charge in [-0.3, -0.25) is 9.78 Å². The third-order valence-electron chi connectivity index (χ3n) is 8.82. The molecule has 6 rings (SSSR count). The number of Topliss-reactive ketones (excluding diaryl/α,β-unsaturated/α-hetero) is 1. The van der Waals surface area contributed by atoms with Crippen LogP contribution >= 0.6 is 0 Å². The van der Waals surface area contributed by atoms with E-state index in [0.29, 0.717) is 6.54 Å². The van der Waals surface area contributed by atoms with Gasteiger partial charge in [-0.2, -0.15) is 4.57 Å². The molecule has 0 saturated carbocycles. The van der Waals surface area contributed by atoms with Gasteiger partial charge in [0, 0.05) is 5.56 Å². The first-order valence-corrected chi connectivity index (χ1v) is 15.7. The second kappa shape index (κ2) is 16.6. The molecule has 0 saturated heterocycles. The van der Waals surface area contributed by atoms with Gasteiger partial charge in [0.15, 0.2) is 82.2 Å². The van der Waals surface area contributed by atoms with E-state index in [1.54, 1.807) is 24.8 Å². The van der Waals surface area contributed by atoms with Crippen molar-refractivity contribution in [3.8, 4) is 0 Å². The molecule has 0 aliphatic carbocycles. The molecule has 0 spiro atoms. The summed E-state index contributed by atoms with van der Waals surface area (Å²) in [5, 5.41) is 0. The normalized spacial score (nSPS) is 11.5. The minimum Gasteiger partial charge on any atom is -0.287 e. The zero-order valence-corrected chi connectivity index (χ0v) is 28.3. The predicted molar refractivity (Wildman–Crippen MR) is 164 cm³/mol. The van der Waals surface area contributed by atoms with Crippen molar-refractivity contribution < 1.29 is 97.2 Å². The molecular formula is C36H11BF20N2O. The molecule has 0 N–H and O–H groups in total. The fourth-order valence-electron chi connectivity index (χ4n) is 6.21.